The number of rotatable bonds is 1. The molecule has 0 heterocycles. The standard InChI is InChI=1S/C3H10N2.C2H4O2/c1-2-3(4)5;1-2(3)4/h3H,2,4-5H2,1H3;1H3,(H,3,4). The van der Waals surface area contributed by atoms with Gasteiger partial charge in [0.1, 0.15) is 0 Å². The maximum absolute atomic E-state index is 9.00. The minimum absolute atomic E-state index is 0.116. The van der Waals surface area contributed by atoms with Crippen molar-refractivity contribution >= 4 is 5.97 Å². The van der Waals surface area contributed by atoms with E-state index < -0.39 is 5.97 Å². The highest BCUT2D eigenvalue weighted by Crippen LogP contribution is 1.68. The molecular weight excluding hydrogens is 120 g/mol. The molecule has 0 rings (SSSR count). The molecule has 0 aliphatic heterocycles. The van der Waals surface area contributed by atoms with E-state index in [1.54, 1.807) is 0 Å². The predicted octanol–water partition coefficient (Wildman–Crippen LogP) is -0.269. The molecular formula is C5H14N2O2. The fourth-order valence-corrected chi connectivity index (χ4v) is 0. The largest absolute Gasteiger partial charge is 0.481 e. The van der Waals surface area contributed by atoms with E-state index in [4.69, 9.17) is 21.4 Å². The third-order valence-electron chi connectivity index (χ3n) is 0.471. The van der Waals surface area contributed by atoms with Crippen molar-refractivity contribution in [3.05, 3.63) is 0 Å². The first kappa shape index (κ1) is 11.2. The summed E-state index contributed by atoms with van der Waals surface area (Å²) in [7, 11) is 0. The van der Waals surface area contributed by atoms with Crippen LogP contribution in [0.1, 0.15) is 20.3 Å². The third kappa shape index (κ3) is 111. The minimum atomic E-state index is -0.833. The predicted molar refractivity (Wildman–Crippen MR) is 35.8 cm³/mol. The van der Waals surface area contributed by atoms with Crippen LogP contribution in [-0.2, 0) is 4.79 Å². The topological polar surface area (TPSA) is 89.3 Å². The molecule has 9 heavy (non-hydrogen) atoms. The highest BCUT2D eigenvalue weighted by molar-refractivity contribution is 5.62. The van der Waals surface area contributed by atoms with Gasteiger partial charge < -0.3 is 16.6 Å². The molecule has 4 heteroatoms. The van der Waals surface area contributed by atoms with Crippen molar-refractivity contribution < 1.29 is 9.90 Å². The molecule has 0 aromatic rings. The van der Waals surface area contributed by atoms with Crippen LogP contribution in [0.3, 0.4) is 0 Å². The van der Waals surface area contributed by atoms with Crippen LogP contribution >= 0.6 is 0 Å². The number of hydrogen-bond acceptors (Lipinski definition) is 3. The SMILES string of the molecule is CC(=O)O.CCC(N)N. The number of aliphatic carboxylic acids is 1. The van der Waals surface area contributed by atoms with Crippen molar-refractivity contribution in [3.63, 3.8) is 0 Å². The highest BCUT2D eigenvalue weighted by Gasteiger charge is 1.79. The second-order valence-electron chi connectivity index (χ2n) is 1.59. The lowest BCUT2D eigenvalue weighted by Gasteiger charge is -1.92. The van der Waals surface area contributed by atoms with Crippen LogP contribution in [0, 0.1) is 0 Å². The van der Waals surface area contributed by atoms with Gasteiger partial charge in [0.25, 0.3) is 5.97 Å². The fourth-order valence-electron chi connectivity index (χ4n) is 0. The molecule has 0 fully saturated rings. The van der Waals surface area contributed by atoms with Gasteiger partial charge in [0.2, 0.25) is 0 Å². The molecule has 0 atom stereocenters. The van der Waals surface area contributed by atoms with E-state index in [0.717, 1.165) is 13.3 Å². The zero-order valence-electron chi connectivity index (χ0n) is 5.79. The summed E-state index contributed by atoms with van der Waals surface area (Å²) in [4.78, 5) is 9.00. The Morgan fingerprint density at radius 3 is 1.78 bits per heavy atom. The maximum Gasteiger partial charge on any atom is 0.300 e. The molecule has 0 amide bonds. The van der Waals surface area contributed by atoms with Gasteiger partial charge in [0.15, 0.2) is 0 Å². The van der Waals surface area contributed by atoms with E-state index in [2.05, 4.69) is 0 Å². The minimum Gasteiger partial charge on any atom is -0.481 e. The summed E-state index contributed by atoms with van der Waals surface area (Å²) in [6.45, 7) is 3.03. The Balaban J connectivity index is 0. The summed E-state index contributed by atoms with van der Waals surface area (Å²) in [6, 6.07) is 0. The van der Waals surface area contributed by atoms with Crippen LogP contribution in [0.5, 0.6) is 0 Å². The average molecular weight is 134 g/mol. The van der Waals surface area contributed by atoms with E-state index in [1.165, 1.54) is 0 Å². The van der Waals surface area contributed by atoms with Crippen LogP contribution in [0.15, 0.2) is 0 Å². The maximum atomic E-state index is 9.00. The second-order valence-corrected chi connectivity index (χ2v) is 1.59. The normalized spacial score (nSPS) is 8.11. The molecule has 56 valence electrons. The summed E-state index contributed by atoms with van der Waals surface area (Å²) >= 11 is 0. The van der Waals surface area contributed by atoms with Gasteiger partial charge in [-0.05, 0) is 6.42 Å². The first-order chi connectivity index (χ1) is 4.00. The molecule has 4 nitrogen and oxygen atoms in total. The van der Waals surface area contributed by atoms with Crippen LogP contribution in [0.2, 0.25) is 0 Å². The number of carboxylic acids is 1. The molecule has 0 bridgehead atoms. The summed E-state index contributed by atoms with van der Waals surface area (Å²) < 4.78 is 0. The van der Waals surface area contributed by atoms with E-state index in [1.807, 2.05) is 6.92 Å². The van der Waals surface area contributed by atoms with Gasteiger partial charge in [-0.1, -0.05) is 6.92 Å². The summed E-state index contributed by atoms with van der Waals surface area (Å²) in [5.41, 5.74) is 10.1. The molecule has 0 aliphatic carbocycles. The lowest BCUT2D eigenvalue weighted by atomic mass is 10.4. The molecule has 5 N–H and O–H groups in total. The summed E-state index contributed by atoms with van der Waals surface area (Å²) in [5, 5.41) is 7.42. The monoisotopic (exact) mass is 134 g/mol. The van der Waals surface area contributed by atoms with Gasteiger partial charge >= 0.3 is 0 Å². The van der Waals surface area contributed by atoms with Crippen molar-refractivity contribution in [2.24, 2.45) is 11.5 Å². The molecule has 0 aromatic carbocycles. The number of nitrogens with two attached hydrogens (primary N) is 2. The van der Waals surface area contributed by atoms with Gasteiger partial charge in [0, 0.05) is 6.92 Å². The Morgan fingerprint density at radius 1 is 1.67 bits per heavy atom. The van der Waals surface area contributed by atoms with Crippen LogP contribution in [0.25, 0.3) is 0 Å². The van der Waals surface area contributed by atoms with E-state index in [0.29, 0.717) is 0 Å². The quantitative estimate of drug-likeness (QED) is 0.431. The molecule has 0 spiro atoms. The molecule has 0 aliphatic rings. The third-order valence-corrected chi connectivity index (χ3v) is 0.471. The second kappa shape index (κ2) is 7.39. The number of carboxylic acid groups (broad SMARTS) is 1. The highest BCUT2D eigenvalue weighted by atomic mass is 16.4. The van der Waals surface area contributed by atoms with E-state index in [-0.39, 0.29) is 6.17 Å². The van der Waals surface area contributed by atoms with Gasteiger partial charge in [-0.15, -0.1) is 0 Å². The average Bonchev–Trinajstić information content (AvgIpc) is 1.65. The molecule has 0 saturated carbocycles. The van der Waals surface area contributed by atoms with Crippen molar-refractivity contribution in [3.8, 4) is 0 Å². The van der Waals surface area contributed by atoms with Gasteiger partial charge in [0.05, 0.1) is 6.17 Å². The Labute approximate surface area is 54.8 Å². The Hall–Kier alpha value is -0.610. The Kier molecular flexibility index (Phi) is 9.21. The van der Waals surface area contributed by atoms with Crippen LogP contribution in [0.4, 0.5) is 0 Å². The smallest absolute Gasteiger partial charge is 0.300 e. The molecule has 0 unspecified atom stereocenters. The fraction of sp³-hybridized carbons (Fsp3) is 0.800. The van der Waals surface area contributed by atoms with Crippen molar-refractivity contribution in [2.75, 3.05) is 0 Å². The molecule has 0 saturated heterocycles. The summed E-state index contributed by atoms with van der Waals surface area (Å²) in [6.07, 6.45) is 0.745. The van der Waals surface area contributed by atoms with E-state index >= 15 is 0 Å². The molecule has 0 radical (unpaired) electrons. The van der Waals surface area contributed by atoms with Crippen molar-refractivity contribution in [1.82, 2.24) is 0 Å². The van der Waals surface area contributed by atoms with E-state index in [9.17, 15) is 0 Å². The van der Waals surface area contributed by atoms with Gasteiger partial charge in [-0.25, -0.2) is 0 Å². The Bertz CT molecular complexity index is 69.4. The van der Waals surface area contributed by atoms with Crippen molar-refractivity contribution in [1.29, 1.82) is 0 Å². The lowest BCUT2D eigenvalue weighted by molar-refractivity contribution is -0.134. The first-order valence-corrected chi connectivity index (χ1v) is 2.71. The first-order valence-electron chi connectivity index (χ1n) is 2.71. The van der Waals surface area contributed by atoms with Crippen molar-refractivity contribution in [2.45, 2.75) is 26.4 Å². The Morgan fingerprint density at radius 2 is 1.78 bits per heavy atom. The number of carbonyl (C=O) groups is 1. The van der Waals surface area contributed by atoms with Crippen LogP contribution < -0.4 is 11.5 Å². The zero-order valence-corrected chi connectivity index (χ0v) is 5.79. The van der Waals surface area contributed by atoms with Gasteiger partial charge in [-0.3, -0.25) is 4.79 Å². The lowest BCUT2D eigenvalue weighted by Crippen LogP contribution is -2.28. The van der Waals surface area contributed by atoms with Gasteiger partial charge in [-0.2, -0.15) is 0 Å². The summed E-state index contributed by atoms with van der Waals surface area (Å²) in [5.74, 6) is -0.833. The molecule has 0 aromatic heterocycles. The number of hydrogen-bond donors (Lipinski definition) is 3. The van der Waals surface area contributed by atoms with Crippen LogP contribution in [-0.4, -0.2) is 17.2 Å². The zero-order chi connectivity index (χ0) is 7.86.